The van der Waals surface area contributed by atoms with Crippen LogP contribution < -0.4 is 11.1 Å². The van der Waals surface area contributed by atoms with Crippen molar-refractivity contribution < 1.29 is 9.18 Å². The van der Waals surface area contributed by atoms with Crippen molar-refractivity contribution >= 4 is 21.8 Å². The Labute approximate surface area is 89.6 Å². The lowest BCUT2D eigenvalue weighted by Gasteiger charge is -2.06. The van der Waals surface area contributed by atoms with E-state index in [0.717, 1.165) is 0 Å². The summed E-state index contributed by atoms with van der Waals surface area (Å²) in [4.78, 5) is 11.4. The average Bonchev–Trinajstić information content (AvgIpc) is 2.14. The first-order valence-corrected chi connectivity index (χ1v) is 4.88. The second kappa shape index (κ2) is 5.07. The van der Waals surface area contributed by atoms with Crippen LogP contribution in [0.4, 0.5) is 4.39 Å². The summed E-state index contributed by atoms with van der Waals surface area (Å²) in [5, 5.41) is 2.50. The van der Waals surface area contributed by atoms with Gasteiger partial charge in [-0.2, -0.15) is 0 Å². The molecule has 0 aliphatic rings. The Bertz CT molecular complexity index is 323. The topological polar surface area (TPSA) is 55.1 Å². The lowest BCUT2D eigenvalue weighted by atomic mass is 10.2. The number of rotatable bonds is 3. The minimum absolute atomic E-state index is 0.0148. The van der Waals surface area contributed by atoms with Crippen molar-refractivity contribution in [3.63, 3.8) is 0 Å². The first-order valence-electron chi connectivity index (χ1n) is 4.09. The number of hydrogen-bond acceptors (Lipinski definition) is 2. The van der Waals surface area contributed by atoms with Crippen molar-refractivity contribution in [2.45, 2.75) is 0 Å². The van der Waals surface area contributed by atoms with Gasteiger partial charge in [0.1, 0.15) is 5.82 Å². The smallest absolute Gasteiger partial charge is 0.255 e. The number of carbonyl (C=O) groups excluding carboxylic acids is 1. The molecular weight excluding hydrogens is 251 g/mol. The van der Waals surface area contributed by atoms with Gasteiger partial charge >= 0.3 is 0 Å². The normalized spacial score (nSPS) is 9.93. The minimum Gasteiger partial charge on any atom is -0.351 e. The third kappa shape index (κ3) is 2.52. The monoisotopic (exact) mass is 260 g/mol. The van der Waals surface area contributed by atoms with E-state index in [9.17, 15) is 9.18 Å². The average molecular weight is 261 g/mol. The first kappa shape index (κ1) is 11.1. The second-order valence-corrected chi connectivity index (χ2v) is 3.50. The number of nitrogens with two attached hydrogens (primary N) is 1. The molecule has 0 radical (unpaired) electrons. The van der Waals surface area contributed by atoms with Crippen LogP contribution in [0.5, 0.6) is 0 Å². The maximum Gasteiger partial charge on any atom is 0.255 e. The molecule has 0 fully saturated rings. The number of amides is 1. The molecule has 0 bridgehead atoms. The molecule has 5 heteroatoms. The Morgan fingerprint density at radius 2 is 2.29 bits per heavy atom. The molecule has 3 nitrogen and oxygen atoms in total. The van der Waals surface area contributed by atoms with Crippen molar-refractivity contribution in [3.05, 3.63) is 34.1 Å². The van der Waals surface area contributed by atoms with Crippen molar-refractivity contribution in [1.82, 2.24) is 5.32 Å². The lowest BCUT2D eigenvalue weighted by molar-refractivity contribution is 0.0950. The first-order chi connectivity index (χ1) is 6.66. The van der Waals surface area contributed by atoms with Crippen LogP contribution in [0, 0.1) is 5.82 Å². The van der Waals surface area contributed by atoms with Crippen LogP contribution in [0.2, 0.25) is 0 Å². The van der Waals surface area contributed by atoms with E-state index >= 15 is 0 Å². The standard InChI is InChI=1S/C9H10BrFN2O/c10-6-2-1-3-7(11)8(6)9(14)13-5-4-12/h1-3H,4-5,12H2,(H,13,14). The van der Waals surface area contributed by atoms with Crippen LogP contribution in [0.1, 0.15) is 10.4 Å². The van der Waals surface area contributed by atoms with E-state index in [4.69, 9.17) is 5.73 Å². The van der Waals surface area contributed by atoms with E-state index in [0.29, 0.717) is 17.6 Å². The van der Waals surface area contributed by atoms with E-state index in [1.807, 2.05) is 0 Å². The van der Waals surface area contributed by atoms with Crippen LogP contribution in [0.3, 0.4) is 0 Å². The Morgan fingerprint density at radius 3 is 2.86 bits per heavy atom. The van der Waals surface area contributed by atoms with Crippen LogP contribution in [-0.2, 0) is 0 Å². The van der Waals surface area contributed by atoms with Crippen molar-refractivity contribution in [2.24, 2.45) is 5.73 Å². The number of hydrogen-bond donors (Lipinski definition) is 2. The Kier molecular flexibility index (Phi) is 4.03. The highest BCUT2D eigenvalue weighted by Crippen LogP contribution is 2.19. The molecule has 3 N–H and O–H groups in total. The van der Waals surface area contributed by atoms with E-state index in [2.05, 4.69) is 21.2 Å². The number of nitrogens with one attached hydrogen (secondary N) is 1. The molecule has 0 spiro atoms. The summed E-state index contributed by atoms with van der Waals surface area (Å²) in [7, 11) is 0. The maximum absolute atomic E-state index is 13.2. The Hall–Kier alpha value is -0.940. The summed E-state index contributed by atoms with van der Waals surface area (Å²) >= 11 is 3.11. The zero-order valence-electron chi connectivity index (χ0n) is 7.39. The summed E-state index contributed by atoms with van der Waals surface area (Å²) in [6.45, 7) is 0.664. The predicted molar refractivity (Wildman–Crippen MR) is 55.5 cm³/mol. The molecule has 0 aliphatic carbocycles. The SMILES string of the molecule is NCCNC(=O)c1c(F)cccc1Br. The van der Waals surface area contributed by atoms with Gasteiger partial charge in [-0.05, 0) is 28.1 Å². The van der Waals surface area contributed by atoms with Crippen molar-refractivity contribution in [1.29, 1.82) is 0 Å². The summed E-state index contributed by atoms with van der Waals surface area (Å²) in [6.07, 6.45) is 0. The van der Waals surface area contributed by atoms with Crippen LogP contribution in [0.25, 0.3) is 0 Å². The molecule has 0 unspecified atom stereocenters. The molecule has 0 aromatic heterocycles. The summed E-state index contributed by atoms with van der Waals surface area (Å²) in [6, 6.07) is 4.38. The van der Waals surface area contributed by atoms with Gasteiger partial charge in [0, 0.05) is 17.6 Å². The molecule has 1 aromatic rings. The Balaban J connectivity index is 2.89. The van der Waals surface area contributed by atoms with Gasteiger partial charge in [-0.1, -0.05) is 6.07 Å². The highest BCUT2D eigenvalue weighted by atomic mass is 79.9. The van der Waals surface area contributed by atoms with E-state index < -0.39 is 11.7 Å². The summed E-state index contributed by atoms with van der Waals surface area (Å²) in [5.41, 5.74) is 5.23. The lowest BCUT2D eigenvalue weighted by Crippen LogP contribution is -2.29. The zero-order chi connectivity index (χ0) is 10.6. The molecule has 0 aliphatic heterocycles. The third-order valence-corrected chi connectivity index (χ3v) is 2.28. The van der Waals surface area contributed by atoms with E-state index in [-0.39, 0.29) is 5.56 Å². The van der Waals surface area contributed by atoms with E-state index in [1.165, 1.54) is 12.1 Å². The highest BCUT2D eigenvalue weighted by Gasteiger charge is 2.13. The third-order valence-electron chi connectivity index (χ3n) is 1.62. The quantitative estimate of drug-likeness (QED) is 0.861. The molecule has 0 saturated heterocycles. The molecule has 76 valence electrons. The highest BCUT2D eigenvalue weighted by molar-refractivity contribution is 9.10. The molecule has 1 amide bonds. The molecule has 1 rings (SSSR count). The fraction of sp³-hybridized carbons (Fsp3) is 0.222. The number of halogens is 2. The fourth-order valence-corrected chi connectivity index (χ4v) is 1.51. The van der Waals surface area contributed by atoms with Crippen LogP contribution >= 0.6 is 15.9 Å². The molecule has 0 heterocycles. The molecule has 14 heavy (non-hydrogen) atoms. The van der Waals surface area contributed by atoms with E-state index in [1.54, 1.807) is 6.07 Å². The van der Waals surface area contributed by atoms with Gasteiger partial charge in [-0.15, -0.1) is 0 Å². The van der Waals surface area contributed by atoms with Gasteiger partial charge < -0.3 is 11.1 Å². The zero-order valence-corrected chi connectivity index (χ0v) is 8.97. The molecular formula is C9H10BrFN2O. The minimum atomic E-state index is -0.547. The van der Waals surface area contributed by atoms with Crippen LogP contribution in [-0.4, -0.2) is 19.0 Å². The van der Waals surface area contributed by atoms with Gasteiger partial charge in [-0.25, -0.2) is 4.39 Å². The van der Waals surface area contributed by atoms with Gasteiger partial charge in [0.05, 0.1) is 5.56 Å². The molecule has 0 atom stereocenters. The summed E-state index contributed by atoms with van der Waals surface area (Å²) in [5.74, 6) is -1.01. The van der Waals surface area contributed by atoms with Gasteiger partial charge in [0.15, 0.2) is 0 Å². The van der Waals surface area contributed by atoms with Gasteiger partial charge in [0.25, 0.3) is 5.91 Å². The number of carbonyl (C=O) groups is 1. The second-order valence-electron chi connectivity index (χ2n) is 2.64. The maximum atomic E-state index is 13.2. The predicted octanol–water partition coefficient (Wildman–Crippen LogP) is 1.28. The van der Waals surface area contributed by atoms with Crippen molar-refractivity contribution in [2.75, 3.05) is 13.1 Å². The summed E-state index contributed by atoms with van der Waals surface area (Å²) < 4.78 is 13.6. The Morgan fingerprint density at radius 1 is 1.57 bits per heavy atom. The van der Waals surface area contributed by atoms with Crippen molar-refractivity contribution in [3.8, 4) is 0 Å². The van der Waals surface area contributed by atoms with Gasteiger partial charge in [0.2, 0.25) is 0 Å². The van der Waals surface area contributed by atoms with Gasteiger partial charge in [-0.3, -0.25) is 4.79 Å². The number of benzene rings is 1. The van der Waals surface area contributed by atoms with Crippen LogP contribution in [0.15, 0.2) is 22.7 Å². The fourth-order valence-electron chi connectivity index (χ4n) is 0.989. The molecule has 0 saturated carbocycles. The largest absolute Gasteiger partial charge is 0.351 e. The molecule has 1 aromatic carbocycles.